The summed E-state index contributed by atoms with van der Waals surface area (Å²) in [6.45, 7) is 6.20. The van der Waals surface area contributed by atoms with Crippen LogP contribution in [0.15, 0.2) is 24.3 Å². The van der Waals surface area contributed by atoms with Crippen molar-refractivity contribution in [3.63, 3.8) is 0 Å². The maximum atomic E-state index is 11.0. The van der Waals surface area contributed by atoms with Crippen LogP contribution in [-0.2, 0) is 11.3 Å². The highest BCUT2D eigenvalue weighted by Gasteiger charge is 2.42. The number of carbonyl (C=O) groups is 1. The third-order valence-corrected chi connectivity index (χ3v) is 6.43. The van der Waals surface area contributed by atoms with Crippen molar-refractivity contribution in [2.45, 2.75) is 63.3 Å². The van der Waals surface area contributed by atoms with Gasteiger partial charge in [-0.25, -0.2) is 4.79 Å². The molecule has 5 nitrogen and oxygen atoms in total. The van der Waals surface area contributed by atoms with Gasteiger partial charge < -0.3 is 15.2 Å². The summed E-state index contributed by atoms with van der Waals surface area (Å²) in [5.74, 6) is -0.0159. The van der Waals surface area contributed by atoms with Gasteiger partial charge in [-0.2, -0.15) is 0 Å². The van der Waals surface area contributed by atoms with Crippen LogP contribution in [0, 0.1) is 5.92 Å². The molecular formula is C21H30N2O3. The van der Waals surface area contributed by atoms with Gasteiger partial charge in [-0.1, -0.05) is 19.1 Å². The molecule has 3 aliphatic rings. The minimum atomic E-state index is -0.866. The summed E-state index contributed by atoms with van der Waals surface area (Å²) in [7, 11) is 0. The molecule has 2 heterocycles. The molecule has 5 heteroatoms. The van der Waals surface area contributed by atoms with Gasteiger partial charge in [0.2, 0.25) is 0 Å². The fourth-order valence-corrected chi connectivity index (χ4v) is 4.51. The Morgan fingerprint density at radius 1 is 1.31 bits per heavy atom. The molecule has 2 saturated heterocycles. The lowest BCUT2D eigenvalue weighted by Gasteiger charge is -2.46. The van der Waals surface area contributed by atoms with Crippen LogP contribution in [0.5, 0.6) is 0 Å². The number of carboxylic acid groups (broad SMARTS) is 1. The smallest absolute Gasteiger partial charge is 0.335 e. The number of piperidine rings is 1. The fraction of sp³-hybridized carbons (Fsp3) is 0.667. The predicted molar refractivity (Wildman–Crippen MR) is 100 cm³/mol. The average molecular weight is 358 g/mol. The van der Waals surface area contributed by atoms with E-state index in [4.69, 9.17) is 9.84 Å². The van der Waals surface area contributed by atoms with Gasteiger partial charge in [0.25, 0.3) is 0 Å². The summed E-state index contributed by atoms with van der Waals surface area (Å²) in [4.78, 5) is 13.4. The van der Waals surface area contributed by atoms with Crippen LogP contribution in [0.3, 0.4) is 0 Å². The maximum absolute atomic E-state index is 11.0. The Hall–Kier alpha value is -1.43. The van der Waals surface area contributed by atoms with E-state index in [1.54, 1.807) is 12.1 Å². The Labute approximate surface area is 155 Å². The van der Waals surface area contributed by atoms with Crippen LogP contribution < -0.4 is 5.32 Å². The van der Waals surface area contributed by atoms with Gasteiger partial charge in [0.15, 0.2) is 0 Å². The van der Waals surface area contributed by atoms with E-state index in [2.05, 4.69) is 17.1 Å². The van der Waals surface area contributed by atoms with Crippen LogP contribution >= 0.6 is 0 Å². The Bertz CT molecular complexity index is 637. The zero-order chi connectivity index (χ0) is 18.1. The van der Waals surface area contributed by atoms with E-state index < -0.39 is 5.97 Å². The van der Waals surface area contributed by atoms with Crippen molar-refractivity contribution in [3.8, 4) is 0 Å². The number of aromatic carboxylic acids is 1. The van der Waals surface area contributed by atoms with Crippen molar-refractivity contribution in [3.05, 3.63) is 35.4 Å². The van der Waals surface area contributed by atoms with Crippen LogP contribution in [0.2, 0.25) is 0 Å². The molecule has 3 fully saturated rings. The van der Waals surface area contributed by atoms with Gasteiger partial charge >= 0.3 is 5.97 Å². The Morgan fingerprint density at radius 3 is 2.62 bits per heavy atom. The molecule has 0 radical (unpaired) electrons. The molecule has 1 unspecified atom stereocenters. The van der Waals surface area contributed by atoms with E-state index in [0.29, 0.717) is 11.6 Å². The van der Waals surface area contributed by atoms with E-state index in [9.17, 15) is 4.79 Å². The minimum absolute atomic E-state index is 0.0672. The van der Waals surface area contributed by atoms with Gasteiger partial charge in [0, 0.05) is 38.3 Å². The van der Waals surface area contributed by atoms with Crippen molar-refractivity contribution in [2.24, 2.45) is 5.92 Å². The number of hydrogen-bond donors (Lipinski definition) is 2. The summed E-state index contributed by atoms with van der Waals surface area (Å²) in [5, 5.41) is 12.8. The molecule has 0 amide bonds. The Kier molecular flexibility index (Phi) is 5.04. The number of carboxylic acids is 1. The summed E-state index contributed by atoms with van der Waals surface area (Å²) >= 11 is 0. The molecule has 2 aliphatic heterocycles. The third kappa shape index (κ3) is 4.11. The number of rotatable bonds is 5. The van der Waals surface area contributed by atoms with Gasteiger partial charge in [0.05, 0.1) is 11.2 Å². The monoisotopic (exact) mass is 358 g/mol. The van der Waals surface area contributed by atoms with E-state index in [-0.39, 0.29) is 5.60 Å². The molecule has 3 atom stereocenters. The number of hydrogen-bond acceptors (Lipinski definition) is 4. The highest BCUT2D eigenvalue weighted by molar-refractivity contribution is 5.87. The van der Waals surface area contributed by atoms with Gasteiger partial charge in [-0.3, -0.25) is 4.90 Å². The standard InChI is InChI=1S/C21H30N2O3/c1-15-12-19(15)22-18-6-11-26-21(13-18)7-9-23(10-8-21)14-16-2-4-17(5-3-16)20(24)25/h2-5,15,18-19,22H,6-14H2,1H3,(H,24,25)/t15-,18?,19-/m1/s1. The van der Waals surface area contributed by atoms with Crippen LogP contribution in [0.25, 0.3) is 0 Å². The van der Waals surface area contributed by atoms with Gasteiger partial charge in [-0.15, -0.1) is 0 Å². The van der Waals surface area contributed by atoms with E-state index in [1.165, 1.54) is 12.0 Å². The topological polar surface area (TPSA) is 61.8 Å². The first-order valence-corrected chi connectivity index (χ1v) is 9.98. The van der Waals surface area contributed by atoms with Crippen molar-refractivity contribution in [1.82, 2.24) is 10.2 Å². The SMILES string of the molecule is C[C@@H]1C[C@H]1NC1CCOC2(CCN(Cc3ccc(C(=O)O)cc3)CC2)C1. The highest BCUT2D eigenvalue weighted by atomic mass is 16.5. The summed E-state index contributed by atoms with van der Waals surface area (Å²) in [6, 6.07) is 8.62. The average Bonchev–Trinajstić information content (AvgIpc) is 3.32. The maximum Gasteiger partial charge on any atom is 0.335 e. The van der Waals surface area contributed by atoms with E-state index >= 15 is 0 Å². The number of nitrogens with zero attached hydrogens (tertiary/aromatic N) is 1. The van der Waals surface area contributed by atoms with E-state index in [0.717, 1.165) is 63.9 Å². The van der Waals surface area contributed by atoms with Crippen molar-refractivity contribution in [1.29, 1.82) is 0 Å². The number of benzene rings is 1. The lowest BCUT2D eigenvalue weighted by Crippen LogP contribution is -2.53. The number of nitrogens with one attached hydrogen (secondary N) is 1. The third-order valence-electron chi connectivity index (χ3n) is 6.43. The molecule has 0 aromatic heterocycles. The molecule has 1 aromatic carbocycles. The second kappa shape index (κ2) is 7.29. The second-order valence-electron chi connectivity index (χ2n) is 8.49. The zero-order valence-corrected chi connectivity index (χ0v) is 15.6. The molecule has 1 aromatic rings. The van der Waals surface area contributed by atoms with Crippen molar-refractivity contribution in [2.75, 3.05) is 19.7 Å². The van der Waals surface area contributed by atoms with E-state index in [1.807, 2.05) is 12.1 Å². The van der Waals surface area contributed by atoms with Crippen molar-refractivity contribution < 1.29 is 14.6 Å². The zero-order valence-electron chi connectivity index (χ0n) is 15.6. The molecule has 142 valence electrons. The normalized spacial score (nSPS) is 31.0. The first kappa shape index (κ1) is 18.0. The molecule has 1 saturated carbocycles. The Morgan fingerprint density at radius 2 is 2.00 bits per heavy atom. The molecule has 1 aliphatic carbocycles. The van der Waals surface area contributed by atoms with Gasteiger partial charge in [0.1, 0.15) is 0 Å². The highest BCUT2D eigenvalue weighted by Crippen LogP contribution is 2.37. The lowest BCUT2D eigenvalue weighted by atomic mass is 9.82. The lowest BCUT2D eigenvalue weighted by molar-refractivity contribution is -0.120. The minimum Gasteiger partial charge on any atom is -0.478 e. The summed E-state index contributed by atoms with van der Waals surface area (Å²) in [6.07, 6.45) is 5.82. The van der Waals surface area contributed by atoms with Gasteiger partial charge in [-0.05, 0) is 55.7 Å². The fourth-order valence-electron chi connectivity index (χ4n) is 4.51. The largest absolute Gasteiger partial charge is 0.478 e. The van der Waals surface area contributed by atoms with Crippen molar-refractivity contribution >= 4 is 5.97 Å². The van der Waals surface area contributed by atoms with Crippen LogP contribution in [0.4, 0.5) is 0 Å². The number of likely N-dealkylation sites (tertiary alicyclic amines) is 1. The summed E-state index contributed by atoms with van der Waals surface area (Å²) < 4.78 is 6.27. The Balaban J connectivity index is 1.28. The first-order valence-electron chi connectivity index (χ1n) is 9.98. The van der Waals surface area contributed by atoms with Crippen LogP contribution in [-0.4, -0.2) is 53.4 Å². The quantitative estimate of drug-likeness (QED) is 0.847. The molecular weight excluding hydrogens is 328 g/mol. The second-order valence-corrected chi connectivity index (χ2v) is 8.49. The molecule has 1 spiro atoms. The summed E-state index contributed by atoms with van der Waals surface area (Å²) in [5.41, 5.74) is 1.60. The molecule has 4 rings (SSSR count). The molecule has 26 heavy (non-hydrogen) atoms. The van der Waals surface area contributed by atoms with Crippen LogP contribution in [0.1, 0.15) is 54.9 Å². The number of ether oxygens (including phenoxy) is 1. The molecule has 2 N–H and O–H groups in total. The predicted octanol–water partition coefficient (Wildman–Crippen LogP) is 2.90. The first-order chi connectivity index (χ1) is 12.5. The molecule has 0 bridgehead atoms.